The number of hydrogen-bond donors (Lipinski definition) is 1. The predicted octanol–water partition coefficient (Wildman–Crippen LogP) is 3.05. The van der Waals surface area contributed by atoms with Crippen molar-refractivity contribution in [1.82, 2.24) is 5.32 Å². The van der Waals surface area contributed by atoms with Crippen molar-refractivity contribution < 1.29 is 31.9 Å². The summed E-state index contributed by atoms with van der Waals surface area (Å²) in [5.41, 5.74) is 0.0954. The van der Waals surface area contributed by atoms with Gasteiger partial charge in [0.25, 0.3) is 11.1 Å². The zero-order valence-electron chi connectivity index (χ0n) is 9.45. The number of carbonyl (C=O) groups excluding carboxylic acids is 2. The molecule has 0 atom stereocenters. The molecule has 1 aliphatic rings. The van der Waals surface area contributed by atoms with E-state index in [4.69, 9.17) is 0 Å². The first-order valence-corrected chi connectivity index (χ1v) is 5.86. The highest BCUT2D eigenvalue weighted by Gasteiger charge is 2.32. The fraction of sp³-hybridized carbons (Fsp3) is 0.0909. The van der Waals surface area contributed by atoms with Gasteiger partial charge in [-0.3, -0.25) is 14.9 Å². The van der Waals surface area contributed by atoms with Gasteiger partial charge in [-0.25, -0.2) is 4.39 Å². The summed E-state index contributed by atoms with van der Waals surface area (Å²) in [6.45, 7) is 0. The van der Waals surface area contributed by atoms with Gasteiger partial charge in [-0.15, -0.1) is 13.2 Å². The molecule has 0 radical (unpaired) electrons. The van der Waals surface area contributed by atoms with E-state index < -0.39 is 29.1 Å². The Hall–Kier alpha value is -2.03. The molecule has 0 bridgehead atoms. The van der Waals surface area contributed by atoms with E-state index in [-0.39, 0.29) is 10.5 Å². The lowest BCUT2D eigenvalue weighted by Gasteiger charge is -2.10. The van der Waals surface area contributed by atoms with E-state index >= 15 is 0 Å². The van der Waals surface area contributed by atoms with E-state index in [1.807, 2.05) is 5.32 Å². The van der Waals surface area contributed by atoms with Crippen LogP contribution in [0.3, 0.4) is 0 Å². The minimum atomic E-state index is -5.03. The molecule has 9 heteroatoms. The number of alkyl halides is 3. The van der Waals surface area contributed by atoms with Crippen molar-refractivity contribution in [2.24, 2.45) is 0 Å². The number of thioether (sulfide) groups is 1. The Labute approximate surface area is 113 Å². The lowest BCUT2D eigenvalue weighted by atomic mass is 10.2. The van der Waals surface area contributed by atoms with Crippen LogP contribution >= 0.6 is 11.8 Å². The molecule has 1 saturated heterocycles. The largest absolute Gasteiger partial charge is 0.573 e. The number of carbonyl (C=O) groups is 2. The number of nitrogens with one attached hydrogen (secondary N) is 1. The summed E-state index contributed by atoms with van der Waals surface area (Å²) in [6.07, 6.45) is -3.87. The maximum atomic E-state index is 13.2. The highest BCUT2D eigenvalue weighted by Crippen LogP contribution is 2.29. The summed E-state index contributed by atoms with van der Waals surface area (Å²) in [7, 11) is 0. The van der Waals surface area contributed by atoms with E-state index in [0.29, 0.717) is 11.8 Å². The molecule has 4 nitrogen and oxygen atoms in total. The van der Waals surface area contributed by atoms with Gasteiger partial charge in [0.1, 0.15) is 0 Å². The van der Waals surface area contributed by atoms with Crippen LogP contribution in [0.4, 0.5) is 22.4 Å². The second kappa shape index (κ2) is 5.16. The summed E-state index contributed by atoms with van der Waals surface area (Å²) >= 11 is 0.596. The number of rotatable bonds is 2. The zero-order valence-corrected chi connectivity index (χ0v) is 10.3. The third-order valence-electron chi connectivity index (χ3n) is 2.12. The van der Waals surface area contributed by atoms with Crippen LogP contribution < -0.4 is 10.1 Å². The van der Waals surface area contributed by atoms with Gasteiger partial charge in [-0.05, 0) is 35.5 Å². The molecule has 2 amide bonds. The smallest absolute Gasteiger partial charge is 0.403 e. The molecular weight excluding hydrogens is 302 g/mol. The summed E-state index contributed by atoms with van der Waals surface area (Å²) < 4.78 is 52.8. The highest BCUT2D eigenvalue weighted by molar-refractivity contribution is 8.18. The molecular formula is C11H5F4NO3S. The topological polar surface area (TPSA) is 55.4 Å². The summed E-state index contributed by atoms with van der Waals surface area (Å²) in [4.78, 5) is 22.2. The minimum absolute atomic E-state index is 0.000401. The molecule has 2 rings (SSSR count). The lowest BCUT2D eigenvalue weighted by molar-refractivity contribution is -0.275. The molecule has 1 heterocycles. The number of amides is 2. The molecule has 20 heavy (non-hydrogen) atoms. The third-order valence-corrected chi connectivity index (χ3v) is 2.93. The van der Waals surface area contributed by atoms with Gasteiger partial charge >= 0.3 is 6.36 Å². The van der Waals surface area contributed by atoms with Crippen LogP contribution in [0.5, 0.6) is 5.75 Å². The van der Waals surface area contributed by atoms with Gasteiger partial charge in [0.15, 0.2) is 11.6 Å². The van der Waals surface area contributed by atoms with Crippen LogP contribution in [0.25, 0.3) is 6.08 Å². The van der Waals surface area contributed by atoms with E-state index in [9.17, 15) is 27.2 Å². The molecule has 1 fully saturated rings. The number of hydrogen-bond acceptors (Lipinski definition) is 4. The van der Waals surface area contributed by atoms with Gasteiger partial charge in [0, 0.05) is 0 Å². The first kappa shape index (κ1) is 14.4. The highest BCUT2D eigenvalue weighted by atomic mass is 32.2. The number of benzene rings is 1. The van der Waals surface area contributed by atoms with Gasteiger partial charge in [-0.2, -0.15) is 0 Å². The molecule has 1 aromatic rings. The quantitative estimate of drug-likeness (QED) is 0.674. The third kappa shape index (κ3) is 3.50. The molecule has 1 aromatic carbocycles. The molecule has 0 unspecified atom stereocenters. The van der Waals surface area contributed by atoms with Crippen molar-refractivity contribution in [3.63, 3.8) is 0 Å². The van der Waals surface area contributed by atoms with Crippen LogP contribution in [0, 0.1) is 5.82 Å². The van der Waals surface area contributed by atoms with Crippen molar-refractivity contribution in [3.05, 3.63) is 34.5 Å². The molecule has 0 saturated carbocycles. The van der Waals surface area contributed by atoms with Gasteiger partial charge in [-0.1, -0.05) is 6.07 Å². The first-order chi connectivity index (χ1) is 9.24. The maximum Gasteiger partial charge on any atom is 0.573 e. The summed E-state index contributed by atoms with van der Waals surface area (Å²) in [6, 6.07) is 2.71. The molecule has 0 spiro atoms. The molecule has 1 N–H and O–H groups in total. The number of halogens is 4. The fourth-order valence-corrected chi connectivity index (χ4v) is 2.07. The Kier molecular flexibility index (Phi) is 3.71. The van der Waals surface area contributed by atoms with Crippen LogP contribution in [0.15, 0.2) is 23.1 Å². The second-order valence-electron chi connectivity index (χ2n) is 3.59. The van der Waals surface area contributed by atoms with Crippen LogP contribution in [-0.2, 0) is 4.79 Å². The molecule has 106 valence electrons. The minimum Gasteiger partial charge on any atom is -0.403 e. The number of imide groups is 1. The maximum absolute atomic E-state index is 13.2. The van der Waals surface area contributed by atoms with E-state index in [1.54, 1.807) is 0 Å². The van der Waals surface area contributed by atoms with Crippen molar-refractivity contribution >= 4 is 29.0 Å². The average Bonchev–Trinajstić information content (AvgIpc) is 2.60. The molecule has 1 aliphatic heterocycles. The molecule has 0 aromatic heterocycles. The summed E-state index contributed by atoms with van der Waals surface area (Å²) in [5, 5.41) is 1.39. The van der Waals surface area contributed by atoms with Crippen LogP contribution in [0.2, 0.25) is 0 Å². The van der Waals surface area contributed by atoms with Crippen molar-refractivity contribution in [2.75, 3.05) is 0 Å². The standard InChI is InChI=1S/C11H5F4NO3S/c12-6-2-1-5(3-7(6)19-11(13,14)15)4-8-9(17)16-10(18)20-8/h1-4H,(H,16,17,18)/b8-4+. The predicted molar refractivity (Wildman–Crippen MR) is 62.2 cm³/mol. The van der Waals surface area contributed by atoms with Gasteiger partial charge in [0.05, 0.1) is 4.91 Å². The molecule has 0 aliphatic carbocycles. The van der Waals surface area contributed by atoms with Crippen LogP contribution in [0.1, 0.15) is 5.56 Å². The van der Waals surface area contributed by atoms with Gasteiger partial charge in [0.2, 0.25) is 0 Å². The monoisotopic (exact) mass is 307 g/mol. The lowest BCUT2D eigenvalue weighted by Crippen LogP contribution is -2.18. The van der Waals surface area contributed by atoms with Crippen molar-refractivity contribution in [2.45, 2.75) is 6.36 Å². The Morgan fingerprint density at radius 2 is 1.95 bits per heavy atom. The van der Waals surface area contributed by atoms with Crippen molar-refractivity contribution in [1.29, 1.82) is 0 Å². The Morgan fingerprint density at radius 3 is 2.50 bits per heavy atom. The van der Waals surface area contributed by atoms with Crippen molar-refractivity contribution in [3.8, 4) is 5.75 Å². The van der Waals surface area contributed by atoms with Gasteiger partial charge < -0.3 is 4.74 Å². The fourth-order valence-electron chi connectivity index (χ4n) is 1.39. The normalized spacial score (nSPS) is 17.5. The Balaban J connectivity index is 2.30. The SMILES string of the molecule is O=C1NC(=O)/C(=C\c2ccc(F)c(OC(F)(F)F)c2)S1. The Bertz CT molecular complexity index is 612. The average molecular weight is 307 g/mol. The first-order valence-electron chi connectivity index (χ1n) is 5.05. The van der Waals surface area contributed by atoms with E-state index in [2.05, 4.69) is 4.74 Å². The van der Waals surface area contributed by atoms with E-state index in [1.165, 1.54) is 0 Å². The van der Waals surface area contributed by atoms with E-state index in [0.717, 1.165) is 24.3 Å². The second-order valence-corrected chi connectivity index (χ2v) is 4.60. The number of ether oxygens (including phenoxy) is 1. The Morgan fingerprint density at radius 1 is 1.25 bits per heavy atom. The zero-order chi connectivity index (χ0) is 14.9. The summed E-state index contributed by atoms with van der Waals surface area (Å²) in [5.74, 6) is -2.87. The van der Waals surface area contributed by atoms with Crippen LogP contribution in [-0.4, -0.2) is 17.5 Å².